The molecular weight excluding hydrogens is 638 g/mol. The SMILES string of the molecule is Cc1c(COc2ccc(CN3Cc4ccccc4C[C@H]3C(=O)O)c(Oc3cc(=O)oc4c3ccc3ccccc34)c2)cccc1-c1ccccc1. The second-order valence-electron chi connectivity index (χ2n) is 12.9. The van der Waals surface area contributed by atoms with Crippen LogP contribution in [0.3, 0.4) is 0 Å². The van der Waals surface area contributed by atoms with Gasteiger partial charge in [0.25, 0.3) is 0 Å². The summed E-state index contributed by atoms with van der Waals surface area (Å²) >= 11 is 0. The van der Waals surface area contributed by atoms with E-state index < -0.39 is 17.6 Å². The fourth-order valence-corrected chi connectivity index (χ4v) is 7.05. The molecule has 8 rings (SSSR count). The summed E-state index contributed by atoms with van der Waals surface area (Å²) in [5, 5.41) is 12.6. The monoisotopic (exact) mass is 673 g/mol. The van der Waals surface area contributed by atoms with Gasteiger partial charge in [-0.3, -0.25) is 9.69 Å². The molecule has 0 saturated carbocycles. The number of carbonyl (C=O) groups is 1. The number of carboxylic acid groups (broad SMARTS) is 1. The molecule has 2 heterocycles. The van der Waals surface area contributed by atoms with Gasteiger partial charge in [0, 0.05) is 30.1 Å². The van der Waals surface area contributed by atoms with E-state index in [4.69, 9.17) is 13.9 Å². The van der Waals surface area contributed by atoms with Crippen LogP contribution >= 0.6 is 0 Å². The Kier molecular flexibility index (Phi) is 8.56. The first-order valence-corrected chi connectivity index (χ1v) is 17.0. The molecule has 0 saturated heterocycles. The predicted molar refractivity (Wildman–Crippen MR) is 198 cm³/mol. The van der Waals surface area contributed by atoms with Gasteiger partial charge in [-0.25, -0.2) is 4.79 Å². The summed E-state index contributed by atoms with van der Waals surface area (Å²) in [5.74, 6) is 0.509. The van der Waals surface area contributed by atoms with Crippen LogP contribution in [0.15, 0.2) is 143 Å². The van der Waals surface area contributed by atoms with E-state index in [0.717, 1.165) is 49.7 Å². The van der Waals surface area contributed by atoms with Gasteiger partial charge in [-0.1, -0.05) is 109 Å². The van der Waals surface area contributed by atoms with Crippen molar-refractivity contribution in [2.75, 3.05) is 0 Å². The van der Waals surface area contributed by atoms with Crippen LogP contribution in [0.2, 0.25) is 0 Å². The predicted octanol–water partition coefficient (Wildman–Crippen LogP) is 9.30. The molecule has 7 aromatic rings. The number of ether oxygens (including phenoxy) is 2. The van der Waals surface area contributed by atoms with Gasteiger partial charge in [0.15, 0.2) is 0 Å². The summed E-state index contributed by atoms with van der Waals surface area (Å²) in [7, 11) is 0. The van der Waals surface area contributed by atoms with Gasteiger partial charge in [-0.15, -0.1) is 0 Å². The molecule has 1 aliphatic heterocycles. The molecule has 7 nitrogen and oxygen atoms in total. The van der Waals surface area contributed by atoms with Crippen LogP contribution in [0.4, 0.5) is 0 Å². The molecule has 51 heavy (non-hydrogen) atoms. The summed E-state index contributed by atoms with van der Waals surface area (Å²) in [6, 6.07) is 42.3. The highest BCUT2D eigenvalue weighted by atomic mass is 16.5. The second kappa shape index (κ2) is 13.6. The summed E-state index contributed by atoms with van der Waals surface area (Å²) in [6.45, 7) is 3.22. The van der Waals surface area contributed by atoms with Crippen LogP contribution in [-0.4, -0.2) is 22.0 Å². The van der Waals surface area contributed by atoms with Crippen molar-refractivity contribution in [3.05, 3.63) is 172 Å². The molecule has 252 valence electrons. The number of hydrogen-bond acceptors (Lipinski definition) is 6. The molecule has 0 spiro atoms. The van der Waals surface area contributed by atoms with Gasteiger partial charge in [0.05, 0.1) is 11.5 Å². The summed E-state index contributed by atoms with van der Waals surface area (Å²) < 4.78 is 18.7. The Morgan fingerprint density at radius 2 is 1.57 bits per heavy atom. The molecule has 1 N–H and O–H groups in total. The fraction of sp³-hybridized carbons (Fsp3) is 0.136. The third-order valence-corrected chi connectivity index (χ3v) is 9.78. The van der Waals surface area contributed by atoms with Gasteiger partial charge in [0.2, 0.25) is 0 Å². The van der Waals surface area contributed by atoms with Crippen molar-refractivity contribution in [3.63, 3.8) is 0 Å². The number of rotatable bonds is 9. The quantitative estimate of drug-likeness (QED) is 0.121. The highest BCUT2D eigenvalue weighted by Gasteiger charge is 2.32. The highest BCUT2D eigenvalue weighted by molar-refractivity contribution is 6.05. The third kappa shape index (κ3) is 6.47. The molecule has 1 aromatic heterocycles. The van der Waals surface area contributed by atoms with E-state index in [9.17, 15) is 14.7 Å². The molecule has 0 unspecified atom stereocenters. The van der Waals surface area contributed by atoms with Gasteiger partial charge in [-0.05, 0) is 64.2 Å². The Labute approximate surface area is 294 Å². The number of fused-ring (bicyclic) bond motifs is 4. The first-order chi connectivity index (χ1) is 24.9. The second-order valence-corrected chi connectivity index (χ2v) is 12.9. The van der Waals surface area contributed by atoms with Crippen LogP contribution in [0, 0.1) is 6.92 Å². The Hall–Kier alpha value is -6.18. The van der Waals surface area contributed by atoms with Gasteiger partial charge in [-0.2, -0.15) is 0 Å². The van der Waals surface area contributed by atoms with Crippen molar-refractivity contribution in [1.29, 1.82) is 0 Å². The van der Waals surface area contributed by atoms with Crippen molar-refractivity contribution in [2.45, 2.75) is 39.1 Å². The van der Waals surface area contributed by atoms with Crippen LogP contribution in [0.5, 0.6) is 17.2 Å². The molecule has 1 aliphatic rings. The largest absolute Gasteiger partial charge is 0.489 e. The van der Waals surface area contributed by atoms with E-state index in [-0.39, 0.29) is 0 Å². The molecule has 7 heteroatoms. The fourth-order valence-electron chi connectivity index (χ4n) is 7.05. The Balaban J connectivity index is 1.16. The minimum absolute atomic E-state index is 0.307. The standard InChI is InChI=1S/C44H35NO6/c1-28-34(15-9-17-36(28)29-10-3-2-4-11-29)27-49-35-20-18-33(26-45-25-32-14-6-5-13-31(32)22-39(45)44(47)48)40(23-35)50-41-24-42(46)51-43-37-16-8-7-12-30(37)19-21-38(41)43/h2-21,23-24,39H,22,25-27H2,1H3,(H,47,48)/t39-/m0/s1. The van der Waals surface area contributed by atoms with Crippen molar-refractivity contribution < 1.29 is 23.8 Å². The molecule has 0 aliphatic carbocycles. The lowest BCUT2D eigenvalue weighted by Crippen LogP contribution is -2.45. The van der Waals surface area contributed by atoms with Crippen LogP contribution < -0.4 is 15.1 Å². The van der Waals surface area contributed by atoms with Crippen molar-refractivity contribution >= 4 is 27.7 Å². The highest BCUT2D eigenvalue weighted by Crippen LogP contribution is 2.37. The molecule has 0 amide bonds. The van der Waals surface area contributed by atoms with Crippen molar-refractivity contribution in [2.24, 2.45) is 0 Å². The molecule has 0 bridgehead atoms. The van der Waals surface area contributed by atoms with E-state index >= 15 is 0 Å². The maximum atomic E-state index is 12.9. The molecule has 6 aromatic carbocycles. The third-order valence-electron chi connectivity index (χ3n) is 9.78. The van der Waals surface area contributed by atoms with Crippen molar-refractivity contribution in [1.82, 2.24) is 4.90 Å². The number of carboxylic acids is 1. The number of nitrogens with zero attached hydrogens (tertiary/aromatic N) is 1. The Bertz CT molecular complexity index is 2470. The van der Waals surface area contributed by atoms with Crippen LogP contribution in [-0.2, 0) is 30.9 Å². The zero-order valence-electron chi connectivity index (χ0n) is 28.0. The average Bonchev–Trinajstić information content (AvgIpc) is 3.15. The lowest BCUT2D eigenvalue weighted by Gasteiger charge is -2.34. The van der Waals surface area contributed by atoms with E-state index in [1.165, 1.54) is 6.07 Å². The smallest absolute Gasteiger partial charge is 0.339 e. The van der Waals surface area contributed by atoms with E-state index in [2.05, 4.69) is 31.2 Å². The maximum Gasteiger partial charge on any atom is 0.339 e. The van der Waals surface area contributed by atoms with Gasteiger partial charge in [0.1, 0.15) is 35.5 Å². The van der Waals surface area contributed by atoms with Gasteiger partial charge >= 0.3 is 11.6 Å². The first-order valence-electron chi connectivity index (χ1n) is 17.0. The minimum atomic E-state index is -0.876. The van der Waals surface area contributed by atoms with Gasteiger partial charge < -0.3 is 19.0 Å². The molecular formula is C44H35NO6. The maximum absolute atomic E-state index is 12.9. The zero-order chi connectivity index (χ0) is 34.9. The van der Waals surface area contributed by atoms with E-state index in [1.54, 1.807) is 0 Å². The summed E-state index contributed by atoms with van der Waals surface area (Å²) in [5.41, 5.74) is 7.30. The molecule has 1 atom stereocenters. The number of benzene rings is 6. The molecule has 0 fully saturated rings. The van der Waals surface area contributed by atoms with Crippen LogP contribution in [0.1, 0.15) is 27.8 Å². The molecule has 0 radical (unpaired) electrons. The zero-order valence-corrected chi connectivity index (χ0v) is 28.0. The lowest BCUT2D eigenvalue weighted by molar-refractivity contribution is -0.144. The van der Waals surface area contributed by atoms with Crippen LogP contribution in [0.25, 0.3) is 32.9 Å². The lowest BCUT2D eigenvalue weighted by atomic mass is 9.93. The summed E-state index contributed by atoms with van der Waals surface area (Å²) in [6.07, 6.45) is 0.404. The van der Waals surface area contributed by atoms with Crippen molar-refractivity contribution in [3.8, 4) is 28.4 Å². The minimum Gasteiger partial charge on any atom is -0.489 e. The Morgan fingerprint density at radius 3 is 2.41 bits per heavy atom. The normalized spacial score (nSPS) is 14.3. The number of hydrogen-bond donors (Lipinski definition) is 1. The average molecular weight is 674 g/mol. The summed E-state index contributed by atoms with van der Waals surface area (Å²) in [4.78, 5) is 27.4. The van der Waals surface area contributed by atoms with E-state index in [0.29, 0.717) is 54.3 Å². The first kappa shape index (κ1) is 32.0. The topological polar surface area (TPSA) is 89.2 Å². The van der Waals surface area contributed by atoms with E-state index in [1.807, 2.05) is 108 Å². The Morgan fingerprint density at radius 1 is 0.784 bits per heavy atom. The number of aliphatic carboxylic acids is 1.